The Balaban J connectivity index is 1.63. The first-order valence-electron chi connectivity index (χ1n) is 8.31. The standard InChI is InChI=1S/C16H24N6O2S/c1-15(2,3)24-14(23)19-16(4)5-7-22(8-6-16)10-9-17-11-12(18-10)20-21-13(11)25/h9H,5-8H2,1-4H3,(H,19,23)(H2,18,20,21,25). The number of amides is 1. The Kier molecular flexibility index (Phi) is 4.52. The average Bonchev–Trinajstić information content (AvgIpc) is 2.86. The van der Waals surface area contributed by atoms with E-state index < -0.39 is 5.60 Å². The number of piperidine rings is 1. The van der Waals surface area contributed by atoms with Gasteiger partial charge in [0.05, 0.1) is 6.20 Å². The zero-order valence-corrected chi connectivity index (χ0v) is 15.9. The van der Waals surface area contributed by atoms with Crippen molar-refractivity contribution in [2.45, 2.75) is 56.7 Å². The molecule has 3 heterocycles. The molecule has 0 aromatic carbocycles. The van der Waals surface area contributed by atoms with E-state index in [2.05, 4.69) is 43.0 Å². The van der Waals surface area contributed by atoms with E-state index in [0.29, 0.717) is 16.2 Å². The number of anilines is 1. The predicted octanol–water partition coefficient (Wildman–Crippen LogP) is 2.53. The van der Waals surface area contributed by atoms with Crippen LogP contribution < -0.4 is 10.2 Å². The van der Waals surface area contributed by atoms with Gasteiger partial charge in [-0.2, -0.15) is 5.10 Å². The van der Waals surface area contributed by atoms with Crippen LogP contribution in [0.3, 0.4) is 0 Å². The van der Waals surface area contributed by atoms with Crippen LogP contribution in [0, 0.1) is 0 Å². The number of H-pyrrole nitrogens is 1. The van der Waals surface area contributed by atoms with Crippen molar-refractivity contribution < 1.29 is 9.53 Å². The number of carbonyl (C=O) groups excluding carboxylic acids is 1. The Morgan fingerprint density at radius 3 is 2.72 bits per heavy atom. The van der Waals surface area contributed by atoms with E-state index in [4.69, 9.17) is 4.74 Å². The van der Waals surface area contributed by atoms with E-state index in [0.717, 1.165) is 31.7 Å². The predicted molar refractivity (Wildman–Crippen MR) is 98.2 cm³/mol. The molecular formula is C16H24N6O2S. The molecule has 8 nitrogen and oxygen atoms in total. The summed E-state index contributed by atoms with van der Waals surface area (Å²) in [5.74, 6) is 0.795. The summed E-state index contributed by atoms with van der Waals surface area (Å²) in [6.45, 7) is 9.17. The first-order valence-corrected chi connectivity index (χ1v) is 8.76. The largest absolute Gasteiger partial charge is 0.444 e. The molecule has 0 spiro atoms. The number of fused-ring (bicyclic) bond motifs is 1. The maximum atomic E-state index is 12.0. The zero-order chi connectivity index (χ0) is 18.2. The van der Waals surface area contributed by atoms with Gasteiger partial charge in [0.25, 0.3) is 0 Å². The zero-order valence-electron chi connectivity index (χ0n) is 15.0. The summed E-state index contributed by atoms with van der Waals surface area (Å²) in [6, 6.07) is 0. The average molecular weight is 364 g/mol. The SMILES string of the molecule is CC1(NC(=O)OC(C)(C)C)CCN(c2cnc3c(S)n[nH]c3n2)CC1. The van der Waals surface area contributed by atoms with Crippen molar-refractivity contribution in [3.8, 4) is 0 Å². The highest BCUT2D eigenvalue weighted by Gasteiger charge is 2.33. The van der Waals surface area contributed by atoms with Crippen molar-refractivity contribution >= 4 is 35.7 Å². The van der Waals surface area contributed by atoms with Crippen LogP contribution in [0.1, 0.15) is 40.5 Å². The Labute approximate surface area is 152 Å². The summed E-state index contributed by atoms with van der Waals surface area (Å²) in [6.07, 6.45) is 2.96. The number of nitrogens with zero attached hydrogens (tertiary/aromatic N) is 4. The maximum Gasteiger partial charge on any atom is 0.408 e. The van der Waals surface area contributed by atoms with Crippen LogP contribution in [0.25, 0.3) is 11.2 Å². The van der Waals surface area contributed by atoms with Gasteiger partial charge in [0.15, 0.2) is 5.65 Å². The number of hydrogen-bond donors (Lipinski definition) is 3. The molecule has 0 aliphatic carbocycles. The highest BCUT2D eigenvalue weighted by Crippen LogP contribution is 2.26. The van der Waals surface area contributed by atoms with Gasteiger partial charge in [-0.25, -0.2) is 14.8 Å². The smallest absolute Gasteiger partial charge is 0.408 e. The van der Waals surface area contributed by atoms with Crippen molar-refractivity contribution in [3.63, 3.8) is 0 Å². The number of rotatable bonds is 2. The molecule has 0 unspecified atom stereocenters. The number of thiol groups is 1. The van der Waals surface area contributed by atoms with Gasteiger partial charge in [0.1, 0.15) is 22.0 Å². The van der Waals surface area contributed by atoms with Crippen LogP contribution in [0.4, 0.5) is 10.6 Å². The van der Waals surface area contributed by atoms with Crippen molar-refractivity contribution in [2.24, 2.45) is 0 Å². The molecule has 2 aromatic heterocycles. The monoisotopic (exact) mass is 364 g/mol. The number of ether oxygens (including phenoxy) is 1. The Morgan fingerprint density at radius 1 is 1.40 bits per heavy atom. The fourth-order valence-electron chi connectivity index (χ4n) is 2.84. The molecule has 0 bridgehead atoms. The van der Waals surface area contributed by atoms with Gasteiger partial charge in [0, 0.05) is 18.6 Å². The topological polar surface area (TPSA) is 96.0 Å². The summed E-state index contributed by atoms with van der Waals surface area (Å²) in [4.78, 5) is 23.1. The molecule has 0 saturated carbocycles. The van der Waals surface area contributed by atoms with E-state index >= 15 is 0 Å². The van der Waals surface area contributed by atoms with Crippen molar-refractivity contribution in [3.05, 3.63) is 6.20 Å². The molecule has 1 fully saturated rings. The molecule has 3 rings (SSSR count). The lowest BCUT2D eigenvalue weighted by molar-refractivity contribution is 0.0448. The van der Waals surface area contributed by atoms with Crippen LogP contribution in [0.15, 0.2) is 11.2 Å². The minimum absolute atomic E-state index is 0.289. The number of aromatic amines is 1. The molecular weight excluding hydrogens is 340 g/mol. The number of aromatic nitrogens is 4. The van der Waals surface area contributed by atoms with Crippen LogP contribution in [-0.2, 0) is 4.74 Å². The summed E-state index contributed by atoms with van der Waals surface area (Å²) >= 11 is 4.24. The van der Waals surface area contributed by atoms with Crippen molar-refractivity contribution in [2.75, 3.05) is 18.0 Å². The lowest BCUT2D eigenvalue weighted by Crippen LogP contribution is -2.54. The lowest BCUT2D eigenvalue weighted by atomic mass is 9.90. The van der Waals surface area contributed by atoms with E-state index in [-0.39, 0.29) is 11.6 Å². The highest BCUT2D eigenvalue weighted by molar-refractivity contribution is 7.80. The summed E-state index contributed by atoms with van der Waals surface area (Å²) in [5.41, 5.74) is 0.508. The third-order valence-corrected chi connectivity index (χ3v) is 4.54. The van der Waals surface area contributed by atoms with E-state index in [1.165, 1.54) is 0 Å². The minimum Gasteiger partial charge on any atom is -0.444 e. The Bertz CT molecular complexity index is 777. The Morgan fingerprint density at radius 2 is 2.08 bits per heavy atom. The van der Waals surface area contributed by atoms with Crippen molar-refractivity contribution in [1.82, 2.24) is 25.5 Å². The lowest BCUT2D eigenvalue weighted by Gasteiger charge is -2.40. The molecule has 136 valence electrons. The second-order valence-electron chi connectivity index (χ2n) is 7.65. The van der Waals surface area contributed by atoms with Crippen LogP contribution in [-0.4, -0.2) is 50.5 Å². The first kappa shape index (κ1) is 17.8. The van der Waals surface area contributed by atoms with Crippen LogP contribution in [0.2, 0.25) is 0 Å². The van der Waals surface area contributed by atoms with Gasteiger partial charge >= 0.3 is 6.09 Å². The fraction of sp³-hybridized carbons (Fsp3) is 0.625. The van der Waals surface area contributed by atoms with Gasteiger partial charge in [-0.05, 0) is 40.5 Å². The highest BCUT2D eigenvalue weighted by atomic mass is 32.1. The van der Waals surface area contributed by atoms with Gasteiger partial charge in [-0.15, -0.1) is 12.6 Å². The Hall–Kier alpha value is -2.03. The molecule has 1 aliphatic heterocycles. The third kappa shape index (κ3) is 4.15. The van der Waals surface area contributed by atoms with Gasteiger partial charge in [0.2, 0.25) is 0 Å². The van der Waals surface area contributed by atoms with Gasteiger partial charge < -0.3 is 15.0 Å². The summed E-state index contributed by atoms with van der Waals surface area (Å²) in [7, 11) is 0. The third-order valence-electron chi connectivity index (χ3n) is 4.23. The number of nitrogens with one attached hydrogen (secondary N) is 2. The van der Waals surface area contributed by atoms with Gasteiger partial charge in [-0.3, -0.25) is 5.10 Å². The quantitative estimate of drug-likeness (QED) is 0.709. The fourth-order valence-corrected chi connectivity index (χ4v) is 3.05. The number of alkyl carbamates (subject to hydrolysis) is 1. The second kappa shape index (κ2) is 6.36. The molecule has 9 heteroatoms. The van der Waals surface area contributed by atoms with Crippen LogP contribution >= 0.6 is 12.6 Å². The number of hydrogen-bond acceptors (Lipinski definition) is 7. The molecule has 1 saturated heterocycles. The second-order valence-corrected chi connectivity index (χ2v) is 8.07. The van der Waals surface area contributed by atoms with Gasteiger partial charge in [-0.1, -0.05) is 0 Å². The molecule has 1 amide bonds. The van der Waals surface area contributed by atoms with E-state index in [1.54, 1.807) is 6.20 Å². The molecule has 2 aromatic rings. The van der Waals surface area contributed by atoms with E-state index in [1.807, 2.05) is 27.7 Å². The molecule has 2 N–H and O–H groups in total. The first-order chi connectivity index (χ1) is 11.7. The molecule has 25 heavy (non-hydrogen) atoms. The maximum absolute atomic E-state index is 12.0. The normalized spacial score (nSPS) is 17.6. The summed E-state index contributed by atoms with van der Waals surface area (Å²) in [5, 5.41) is 10.4. The minimum atomic E-state index is -0.498. The summed E-state index contributed by atoms with van der Waals surface area (Å²) < 4.78 is 5.36. The molecule has 0 radical (unpaired) electrons. The molecule has 1 aliphatic rings. The number of carbonyl (C=O) groups is 1. The molecule has 0 atom stereocenters. The van der Waals surface area contributed by atoms with Crippen LogP contribution in [0.5, 0.6) is 0 Å². The van der Waals surface area contributed by atoms with Crippen molar-refractivity contribution in [1.29, 1.82) is 0 Å². The van der Waals surface area contributed by atoms with E-state index in [9.17, 15) is 4.79 Å².